The minimum atomic E-state index is 0.139. The van der Waals surface area contributed by atoms with Crippen molar-refractivity contribution in [2.45, 2.75) is 26.7 Å². The van der Waals surface area contributed by atoms with Gasteiger partial charge in [-0.3, -0.25) is 14.5 Å². The first kappa shape index (κ1) is 19.7. The Morgan fingerprint density at radius 1 is 1.03 bits per heavy atom. The van der Waals surface area contributed by atoms with Gasteiger partial charge in [0.1, 0.15) is 5.75 Å². The van der Waals surface area contributed by atoms with Gasteiger partial charge in [0.05, 0.1) is 13.7 Å². The molecule has 1 aliphatic heterocycles. The van der Waals surface area contributed by atoms with Gasteiger partial charge in [-0.25, -0.2) is 0 Å². The van der Waals surface area contributed by atoms with E-state index in [0.29, 0.717) is 12.5 Å². The molecule has 1 aromatic heterocycles. The number of rotatable bonds is 6. The van der Waals surface area contributed by atoms with E-state index in [1.165, 1.54) is 0 Å². The van der Waals surface area contributed by atoms with Crippen molar-refractivity contribution in [3.8, 4) is 11.4 Å². The third-order valence-corrected chi connectivity index (χ3v) is 6.04. The van der Waals surface area contributed by atoms with Gasteiger partial charge >= 0.3 is 0 Å². The molecule has 0 unspecified atom stereocenters. The van der Waals surface area contributed by atoms with E-state index in [0.717, 1.165) is 67.4 Å². The molecule has 1 saturated heterocycles. The Morgan fingerprint density at radius 3 is 2.28 bits per heavy atom. The van der Waals surface area contributed by atoms with Gasteiger partial charge in [-0.2, -0.15) is 0 Å². The van der Waals surface area contributed by atoms with Gasteiger partial charge in [-0.1, -0.05) is 0 Å². The molecule has 6 heteroatoms. The summed E-state index contributed by atoms with van der Waals surface area (Å²) in [7, 11) is 1.65. The number of amides is 1. The summed E-state index contributed by atoms with van der Waals surface area (Å²) in [5, 5.41) is 0. The average Bonchev–Trinajstić information content (AvgIpc) is 3.53. The van der Waals surface area contributed by atoms with Crippen molar-refractivity contribution in [1.82, 2.24) is 14.4 Å². The van der Waals surface area contributed by atoms with Crippen molar-refractivity contribution >= 4 is 11.7 Å². The van der Waals surface area contributed by atoms with Crippen molar-refractivity contribution in [2.75, 3.05) is 39.8 Å². The fraction of sp³-hybridized carbons (Fsp3) is 0.478. The number of hydrogen-bond donors (Lipinski definition) is 0. The van der Waals surface area contributed by atoms with Crippen LogP contribution < -0.4 is 4.74 Å². The van der Waals surface area contributed by atoms with Crippen molar-refractivity contribution in [3.63, 3.8) is 0 Å². The van der Waals surface area contributed by atoms with Crippen LogP contribution in [0.5, 0.6) is 5.75 Å². The van der Waals surface area contributed by atoms with Crippen molar-refractivity contribution in [2.24, 2.45) is 5.92 Å². The SMILES string of the molecule is COc1ccc(-n2c(C)cc(C(=O)CN3CCN(C(=O)C4CC4)CC3)c2C)cc1. The van der Waals surface area contributed by atoms with Crippen LogP contribution in [0.4, 0.5) is 0 Å². The predicted molar refractivity (Wildman–Crippen MR) is 112 cm³/mol. The van der Waals surface area contributed by atoms with Crippen LogP contribution >= 0.6 is 0 Å². The molecule has 2 fully saturated rings. The van der Waals surface area contributed by atoms with E-state index in [4.69, 9.17) is 4.74 Å². The fourth-order valence-electron chi connectivity index (χ4n) is 4.18. The zero-order valence-electron chi connectivity index (χ0n) is 17.5. The first-order chi connectivity index (χ1) is 14.0. The van der Waals surface area contributed by atoms with Gasteiger partial charge in [0.2, 0.25) is 5.91 Å². The summed E-state index contributed by atoms with van der Waals surface area (Å²) in [6.45, 7) is 7.41. The molecular formula is C23H29N3O3. The lowest BCUT2D eigenvalue weighted by Crippen LogP contribution is -2.50. The second-order valence-electron chi connectivity index (χ2n) is 8.12. The van der Waals surface area contributed by atoms with E-state index in [1.54, 1.807) is 7.11 Å². The summed E-state index contributed by atoms with van der Waals surface area (Å²) in [5.41, 5.74) is 3.79. The van der Waals surface area contributed by atoms with Crippen molar-refractivity contribution < 1.29 is 14.3 Å². The maximum absolute atomic E-state index is 13.0. The summed E-state index contributed by atoms with van der Waals surface area (Å²) < 4.78 is 7.35. The Kier molecular flexibility index (Phi) is 5.46. The van der Waals surface area contributed by atoms with Crippen LogP contribution in [0.15, 0.2) is 30.3 Å². The number of piperazine rings is 1. The van der Waals surface area contributed by atoms with Crippen LogP contribution in [-0.2, 0) is 4.79 Å². The van der Waals surface area contributed by atoms with E-state index < -0.39 is 0 Å². The zero-order valence-corrected chi connectivity index (χ0v) is 17.5. The highest BCUT2D eigenvalue weighted by atomic mass is 16.5. The Balaban J connectivity index is 1.42. The fourth-order valence-corrected chi connectivity index (χ4v) is 4.18. The molecule has 2 aliphatic rings. The molecule has 1 aliphatic carbocycles. The molecule has 154 valence electrons. The number of hydrogen-bond acceptors (Lipinski definition) is 4. The van der Waals surface area contributed by atoms with E-state index in [-0.39, 0.29) is 11.7 Å². The van der Waals surface area contributed by atoms with E-state index in [1.807, 2.05) is 49.1 Å². The van der Waals surface area contributed by atoms with Gasteiger partial charge in [0.15, 0.2) is 5.78 Å². The van der Waals surface area contributed by atoms with Crippen LogP contribution in [0, 0.1) is 19.8 Å². The van der Waals surface area contributed by atoms with Gasteiger partial charge in [0.25, 0.3) is 0 Å². The van der Waals surface area contributed by atoms with Gasteiger partial charge < -0.3 is 14.2 Å². The highest BCUT2D eigenvalue weighted by molar-refractivity contribution is 5.99. The number of ketones is 1. The standard InChI is InChI=1S/C23H29N3O3/c1-16-14-21(17(2)26(16)19-6-8-20(29-3)9-7-19)22(27)15-24-10-12-25(13-11-24)23(28)18-4-5-18/h6-9,14,18H,4-5,10-13,15H2,1-3H3. The molecule has 0 atom stereocenters. The second-order valence-corrected chi connectivity index (χ2v) is 8.12. The molecule has 2 aromatic rings. The van der Waals surface area contributed by atoms with E-state index in [9.17, 15) is 9.59 Å². The molecular weight excluding hydrogens is 366 g/mol. The van der Waals surface area contributed by atoms with Gasteiger partial charge in [0, 0.05) is 54.7 Å². The van der Waals surface area contributed by atoms with Crippen molar-refractivity contribution in [3.05, 3.63) is 47.3 Å². The number of aromatic nitrogens is 1. The molecule has 29 heavy (non-hydrogen) atoms. The first-order valence-corrected chi connectivity index (χ1v) is 10.4. The molecule has 6 nitrogen and oxygen atoms in total. The maximum Gasteiger partial charge on any atom is 0.225 e. The normalized spacial score (nSPS) is 17.4. The molecule has 0 N–H and O–H groups in total. The van der Waals surface area contributed by atoms with E-state index >= 15 is 0 Å². The lowest BCUT2D eigenvalue weighted by molar-refractivity contribution is -0.134. The zero-order chi connectivity index (χ0) is 20.5. The van der Waals surface area contributed by atoms with Crippen LogP contribution in [0.25, 0.3) is 5.69 Å². The maximum atomic E-state index is 13.0. The van der Waals surface area contributed by atoms with Gasteiger partial charge in [-0.15, -0.1) is 0 Å². The highest BCUT2D eigenvalue weighted by Crippen LogP contribution is 2.31. The lowest BCUT2D eigenvalue weighted by Gasteiger charge is -2.34. The Labute approximate surface area is 172 Å². The minimum absolute atomic E-state index is 0.139. The molecule has 0 bridgehead atoms. The van der Waals surface area contributed by atoms with Crippen LogP contribution in [-0.4, -0.2) is 65.9 Å². The smallest absolute Gasteiger partial charge is 0.225 e. The Morgan fingerprint density at radius 2 is 1.69 bits per heavy atom. The first-order valence-electron chi connectivity index (χ1n) is 10.4. The number of methoxy groups -OCH3 is 1. The second kappa shape index (κ2) is 8.03. The Bertz CT molecular complexity index is 904. The third kappa shape index (κ3) is 4.08. The predicted octanol–water partition coefficient (Wildman–Crippen LogP) is 2.84. The highest BCUT2D eigenvalue weighted by Gasteiger charge is 2.34. The molecule has 0 spiro atoms. The molecule has 2 heterocycles. The number of benzene rings is 1. The van der Waals surface area contributed by atoms with E-state index in [2.05, 4.69) is 9.47 Å². The lowest BCUT2D eigenvalue weighted by atomic mass is 10.1. The average molecular weight is 396 g/mol. The minimum Gasteiger partial charge on any atom is -0.497 e. The monoisotopic (exact) mass is 395 g/mol. The summed E-state index contributed by atoms with van der Waals surface area (Å²) in [6.07, 6.45) is 2.09. The molecule has 4 rings (SSSR count). The topological polar surface area (TPSA) is 54.8 Å². The number of nitrogens with zero attached hydrogens (tertiary/aromatic N) is 3. The number of ether oxygens (including phenoxy) is 1. The number of Topliss-reactive ketones (excluding diaryl/α,β-unsaturated/α-hetero) is 1. The summed E-state index contributed by atoms with van der Waals surface area (Å²) in [6, 6.07) is 9.84. The largest absolute Gasteiger partial charge is 0.497 e. The number of carbonyl (C=O) groups excluding carboxylic acids is 2. The Hall–Kier alpha value is -2.60. The third-order valence-electron chi connectivity index (χ3n) is 6.04. The molecule has 0 radical (unpaired) electrons. The van der Waals surface area contributed by atoms with Gasteiger partial charge in [-0.05, 0) is 57.0 Å². The molecule has 1 saturated carbocycles. The number of carbonyl (C=O) groups is 2. The summed E-state index contributed by atoms with van der Waals surface area (Å²) >= 11 is 0. The molecule has 1 aromatic carbocycles. The quantitative estimate of drug-likeness (QED) is 0.706. The molecule has 1 amide bonds. The summed E-state index contributed by atoms with van der Waals surface area (Å²) in [5.74, 6) is 1.53. The summed E-state index contributed by atoms with van der Waals surface area (Å²) in [4.78, 5) is 29.3. The van der Waals surface area contributed by atoms with Crippen LogP contribution in [0.3, 0.4) is 0 Å². The van der Waals surface area contributed by atoms with Crippen LogP contribution in [0.2, 0.25) is 0 Å². The van der Waals surface area contributed by atoms with Crippen molar-refractivity contribution in [1.29, 1.82) is 0 Å². The van der Waals surface area contributed by atoms with Crippen LogP contribution in [0.1, 0.15) is 34.6 Å². The number of aryl methyl sites for hydroxylation is 1.